The Hall–Kier alpha value is -1.40. The quantitative estimate of drug-likeness (QED) is 0.820. The van der Waals surface area contributed by atoms with Crippen LogP contribution in [0.1, 0.15) is 38.3 Å². The topological polar surface area (TPSA) is 62.2 Å². The van der Waals surface area contributed by atoms with E-state index in [-0.39, 0.29) is 11.9 Å². The molecule has 1 aliphatic rings. The van der Waals surface area contributed by atoms with Crippen LogP contribution in [0.2, 0.25) is 0 Å². The molecule has 2 N–H and O–H groups in total. The average molecular weight is 307 g/mol. The van der Waals surface area contributed by atoms with Gasteiger partial charge in [0.2, 0.25) is 5.91 Å². The van der Waals surface area contributed by atoms with Gasteiger partial charge in [0.25, 0.3) is 0 Å². The van der Waals surface area contributed by atoms with Crippen molar-refractivity contribution in [2.45, 2.75) is 38.8 Å². The number of piperidine rings is 1. The largest absolute Gasteiger partial charge is 0.353 e. The van der Waals surface area contributed by atoms with Gasteiger partial charge < -0.3 is 10.6 Å². The van der Waals surface area contributed by atoms with Gasteiger partial charge in [-0.2, -0.15) is 5.10 Å². The third-order valence-electron chi connectivity index (χ3n) is 4.62. The molecule has 0 radical (unpaired) electrons. The first-order chi connectivity index (χ1) is 10.5. The van der Waals surface area contributed by atoms with Gasteiger partial charge in [-0.05, 0) is 45.8 Å². The molecule has 2 heterocycles. The standard InChI is InChI=1S/C16H29N5O/c1-12-5-7-21(8-6-12)13(2)9-18-16(22)15(17-3)14-10-19-20(4)11-14/h10-13,15,17H,5-9H2,1-4H3,(H,18,22). The lowest BCUT2D eigenvalue weighted by Gasteiger charge is -2.35. The molecule has 6 heteroatoms. The highest BCUT2D eigenvalue weighted by Crippen LogP contribution is 2.18. The molecule has 0 aromatic carbocycles. The molecule has 1 aliphatic heterocycles. The first kappa shape index (κ1) is 17.0. The highest BCUT2D eigenvalue weighted by atomic mass is 16.2. The lowest BCUT2D eigenvalue weighted by molar-refractivity contribution is -0.123. The summed E-state index contributed by atoms with van der Waals surface area (Å²) in [5.74, 6) is 0.838. The van der Waals surface area contributed by atoms with Crippen LogP contribution >= 0.6 is 0 Å². The third-order valence-corrected chi connectivity index (χ3v) is 4.62. The maximum absolute atomic E-state index is 12.4. The summed E-state index contributed by atoms with van der Waals surface area (Å²) < 4.78 is 1.71. The van der Waals surface area contributed by atoms with Gasteiger partial charge in [-0.3, -0.25) is 14.4 Å². The Morgan fingerprint density at radius 1 is 1.45 bits per heavy atom. The van der Waals surface area contributed by atoms with Crippen molar-refractivity contribution >= 4 is 5.91 Å². The smallest absolute Gasteiger partial charge is 0.241 e. The molecule has 0 saturated carbocycles. The molecule has 6 nitrogen and oxygen atoms in total. The van der Waals surface area contributed by atoms with Crippen LogP contribution in [0.25, 0.3) is 0 Å². The fourth-order valence-corrected chi connectivity index (χ4v) is 2.99. The SMILES string of the molecule is CNC(C(=O)NCC(C)N1CCC(C)CC1)c1cnn(C)c1. The van der Waals surface area contributed by atoms with Crippen LogP contribution in [-0.2, 0) is 11.8 Å². The van der Waals surface area contributed by atoms with Crippen LogP contribution in [-0.4, -0.2) is 53.3 Å². The number of aromatic nitrogens is 2. The summed E-state index contributed by atoms with van der Waals surface area (Å²) in [7, 11) is 3.65. The van der Waals surface area contributed by atoms with Gasteiger partial charge in [-0.15, -0.1) is 0 Å². The zero-order chi connectivity index (χ0) is 16.1. The number of aryl methyl sites for hydroxylation is 1. The van der Waals surface area contributed by atoms with Gasteiger partial charge in [0, 0.05) is 31.4 Å². The number of carbonyl (C=O) groups is 1. The number of hydrogen-bond donors (Lipinski definition) is 2. The van der Waals surface area contributed by atoms with Crippen molar-refractivity contribution < 1.29 is 4.79 Å². The van der Waals surface area contributed by atoms with E-state index in [4.69, 9.17) is 0 Å². The molecule has 22 heavy (non-hydrogen) atoms. The Bertz CT molecular complexity index is 479. The molecule has 1 aromatic rings. The van der Waals surface area contributed by atoms with E-state index >= 15 is 0 Å². The first-order valence-electron chi connectivity index (χ1n) is 8.18. The number of hydrogen-bond acceptors (Lipinski definition) is 4. The average Bonchev–Trinajstić information content (AvgIpc) is 2.92. The normalized spacial score (nSPS) is 19.8. The number of nitrogens with one attached hydrogen (secondary N) is 2. The number of likely N-dealkylation sites (N-methyl/N-ethyl adjacent to an activating group) is 1. The van der Waals surface area contributed by atoms with Crippen LogP contribution in [0.4, 0.5) is 0 Å². The summed E-state index contributed by atoms with van der Waals surface area (Å²) in [6.07, 6.45) is 6.12. The number of rotatable bonds is 6. The van der Waals surface area contributed by atoms with E-state index in [1.165, 1.54) is 12.8 Å². The fourth-order valence-electron chi connectivity index (χ4n) is 2.99. The van der Waals surface area contributed by atoms with Gasteiger partial charge >= 0.3 is 0 Å². The molecule has 1 amide bonds. The summed E-state index contributed by atoms with van der Waals surface area (Å²) in [6, 6.07) is 0.0325. The summed E-state index contributed by atoms with van der Waals surface area (Å²) in [5, 5.41) is 10.3. The summed E-state index contributed by atoms with van der Waals surface area (Å²) in [6.45, 7) is 7.46. The molecular formula is C16H29N5O. The zero-order valence-corrected chi connectivity index (χ0v) is 14.2. The Morgan fingerprint density at radius 3 is 2.68 bits per heavy atom. The molecule has 1 aromatic heterocycles. The van der Waals surface area contributed by atoms with Crippen LogP contribution in [0.3, 0.4) is 0 Å². The van der Waals surface area contributed by atoms with E-state index in [9.17, 15) is 4.79 Å². The van der Waals surface area contributed by atoms with Gasteiger partial charge in [0.15, 0.2) is 0 Å². The van der Waals surface area contributed by atoms with Gasteiger partial charge in [-0.1, -0.05) is 6.92 Å². The fraction of sp³-hybridized carbons (Fsp3) is 0.750. The number of nitrogens with zero attached hydrogens (tertiary/aromatic N) is 3. The molecular weight excluding hydrogens is 278 g/mol. The molecule has 2 rings (SSSR count). The minimum atomic E-state index is -0.345. The van der Waals surface area contributed by atoms with E-state index in [1.54, 1.807) is 17.9 Å². The first-order valence-corrected chi connectivity index (χ1v) is 8.18. The molecule has 2 atom stereocenters. The minimum Gasteiger partial charge on any atom is -0.353 e. The zero-order valence-electron chi connectivity index (χ0n) is 14.2. The van der Waals surface area contributed by atoms with Crippen molar-refractivity contribution in [2.75, 3.05) is 26.7 Å². The minimum absolute atomic E-state index is 0.00716. The third kappa shape index (κ3) is 4.30. The number of amides is 1. The summed E-state index contributed by atoms with van der Waals surface area (Å²) in [5.41, 5.74) is 0.891. The van der Waals surface area contributed by atoms with E-state index in [0.29, 0.717) is 12.6 Å². The molecule has 0 bridgehead atoms. The Kier molecular flexibility index (Phi) is 5.97. The molecule has 0 aliphatic carbocycles. The Balaban J connectivity index is 1.83. The van der Waals surface area contributed by atoms with E-state index < -0.39 is 0 Å². The highest BCUT2D eigenvalue weighted by molar-refractivity contribution is 5.83. The van der Waals surface area contributed by atoms with Crippen LogP contribution in [0, 0.1) is 5.92 Å². The molecule has 1 fully saturated rings. The van der Waals surface area contributed by atoms with Crippen molar-refractivity contribution in [1.82, 2.24) is 25.3 Å². The Labute approximate surface area is 133 Å². The molecule has 1 saturated heterocycles. The van der Waals surface area contributed by atoms with Crippen LogP contribution in [0.5, 0.6) is 0 Å². The second-order valence-corrected chi connectivity index (χ2v) is 6.48. The van der Waals surface area contributed by atoms with Crippen molar-refractivity contribution in [3.63, 3.8) is 0 Å². The molecule has 2 unspecified atom stereocenters. The predicted octanol–water partition coefficient (Wildman–Crippen LogP) is 0.917. The van der Waals surface area contributed by atoms with Gasteiger partial charge in [0.1, 0.15) is 6.04 Å². The monoisotopic (exact) mass is 307 g/mol. The van der Waals surface area contributed by atoms with Crippen LogP contribution in [0.15, 0.2) is 12.4 Å². The van der Waals surface area contributed by atoms with Crippen molar-refractivity contribution in [1.29, 1.82) is 0 Å². The molecule has 0 spiro atoms. The van der Waals surface area contributed by atoms with E-state index in [1.807, 2.05) is 13.2 Å². The van der Waals surface area contributed by atoms with Crippen molar-refractivity contribution in [3.05, 3.63) is 18.0 Å². The van der Waals surface area contributed by atoms with Crippen molar-refractivity contribution in [3.8, 4) is 0 Å². The van der Waals surface area contributed by atoms with E-state index in [2.05, 4.69) is 34.5 Å². The molecule has 124 valence electrons. The Morgan fingerprint density at radius 2 is 2.14 bits per heavy atom. The second-order valence-electron chi connectivity index (χ2n) is 6.48. The lowest BCUT2D eigenvalue weighted by atomic mass is 9.98. The van der Waals surface area contributed by atoms with Gasteiger partial charge in [0.05, 0.1) is 6.20 Å². The predicted molar refractivity (Wildman–Crippen MR) is 87.5 cm³/mol. The van der Waals surface area contributed by atoms with Crippen molar-refractivity contribution in [2.24, 2.45) is 13.0 Å². The maximum Gasteiger partial charge on any atom is 0.241 e. The number of carbonyl (C=O) groups excluding carboxylic acids is 1. The van der Waals surface area contributed by atoms with Gasteiger partial charge in [-0.25, -0.2) is 0 Å². The van der Waals surface area contributed by atoms with Crippen LogP contribution < -0.4 is 10.6 Å². The lowest BCUT2D eigenvalue weighted by Crippen LogP contribution is -2.47. The van der Waals surface area contributed by atoms with E-state index in [0.717, 1.165) is 24.6 Å². The summed E-state index contributed by atoms with van der Waals surface area (Å²) >= 11 is 0. The second kappa shape index (κ2) is 7.74. The maximum atomic E-state index is 12.4. The summed E-state index contributed by atoms with van der Waals surface area (Å²) in [4.78, 5) is 14.9. The highest BCUT2D eigenvalue weighted by Gasteiger charge is 2.23. The number of likely N-dealkylation sites (tertiary alicyclic amines) is 1.